The highest BCUT2D eigenvalue weighted by Crippen LogP contribution is 2.55. The molecule has 0 unspecified atom stereocenters. The molecule has 0 amide bonds. The molecule has 0 N–H and O–H groups in total. The van der Waals surface area contributed by atoms with Crippen LogP contribution in [0.3, 0.4) is 0 Å². The molecule has 4 aliphatic rings. The summed E-state index contributed by atoms with van der Waals surface area (Å²) in [6, 6.07) is 108. The van der Waals surface area contributed by atoms with Crippen LogP contribution in [0.25, 0.3) is 55.6 Å². The summed E-state index contributed by atoms with van der Waals surface area (Å²) in [5, 5.41) is 0. The molecule has 4 nitrogen and oxygen atoms in total. The van der Waals surface area contributed by atoms with E-state index in [0.717, 1.165) is 89.9 Å². The van der Waals surface area contributed by atoms with Crippen LogP contribution in [-0.2, 0) is 21.7 Å². The second kappa shape index (κ2) is 23.4. The van der Waals surface area contributed by atoms with Crippen molar-refractivity contribution in [1.29, 1.82) is 0 Å². The Hall–Kier alpha value is -10.8. The van der Waals surface area contributed by atoms with Gasteiger partial charge in [-0.05, 0) is 165 Å². The van der Waals surface area contributed by atoms with Gasteiger partial charge in [0.05, 0.1) is 11.4 Å². The predicted octanol–water partition coefficient (Wildman–Crippen LogP) is 21.7. The summed E-state index contributed by atoms with van der Waals surface area (Å²) < 4.78 is 7.61. The number of rotatable bonds is 8. The van der Waals surface area contributed by atoms with E-state index in [-0.39, 0.29) is 35.1 Å². The Kier molecular flexibility index (Phi) is 14.7. The van der Waals surface area contributed by atoms with Crippen LogP contribution in [-0.4, -0.2) is 13.4 Å². The quantitative estimate of drug-likeness (QED) is 0.141. The van der Waals surface area contributed by atoms with Gasteiger partial charge in [0.1, 0.15) is 11.5 Å². The second-order valence-corrected chi connectivity index (χ2v) is 32.1. The first-order valence-electron chi connectivity index (χ1n) is 35.7. The van der Waals surface area contributed by atoms with Gasteiger partial charge < -0.3 is 19.4 Å². The number of fused-ring (bicyclic) bond motifs is 8. The standard InChI is InChI=1S/C94H83B2N3O/c1-91(2,3)66-44-48-70(49-45-66)97-80-59-81-78(58-77(80)95-75-50-46-67(92(4,5)6)54-79(75)98(84-56-69(94(10,11)12)55-83(97)87(84)95)89-71(61-32-20-14-21-33-61)40-28-41-72(89)62-34-22-15-23-35-62)96-76-51-47-68(93(7,8)9)57-85(76)100-86-53-65(60-30-18-13-19-31-60)52-82(88(86)96)99(81)90-73(63-36-24-16-25-37-63)42-29-43-74(90)64-38-26-17-27-39-64/h13-59H,1-12H3. The van der Waals surface area contributed by atoms with Crippen LogP contribution in [0.4, 0.5) is 51.2 Å². The molecule has 13 aromatic carbocycles. The molecule has 486 valence electrons. The van der Waals surface area contributed by atoms with Crippen LogP contribution in [0.5, 0.6) is 11.5 Å². The number of nitrogens with zero attached hydrogens (tertiary/aromatic N) is 3. The first-order valence-corrected chi connectivity index (χ1v) is 35.7. The van der Waals surface area contributed by atoms with E-state index in [0.29, 0.717) is 0 Å². The highest BCUT2D eigenvalue weighted by molar-refractivity contribution is 7.02. The zero-order chi connectivity index (χ0) is 68.7. The van der Waals surface area contributed by atoms with E-state index in [2.05, 4.69) is 383 Å². The largest absolute Gasteiger partial charge is 0.458 e. The maximum Gasteiger partial charge on any atom is 0.256 e. The lowest BCUT2D eigenvalue weighted by molar-refractivity contribution is 0.483. The molecule has 0 aliphatic carbocycles. The molecule has 0 saturated heterocycles. The van der Waals surface area contributed by atoms with Crippen LogP contribution in [0.2, 0.25) is 0 Å². The number of benzene rings is 13. The Labute approximate surface area is 592 Å². The first-order chi connectivity index (χ1) is 48.2. The molecular formula is C94H83B2N3O. The van der Waals surface area contributed by atoms with Crippen LogP contribution in [0.1, 0.15) is 105 Å². The van der Waals surface area contributed by atoms with Crippen molar-refractivity contribution in [3.05, 3.63) is 307 Å². The van der Waals surface area contributed by atoms with Gasteiger partial charge in [-0.2, -0.15) is 0 Å². The molecule has 17 rings (SSSR count). The minimum absolute atomic E-state index is 0.0753. The second-order valence-electron chi connectivity index (χ2n) is 32.1. The van der Waals surface area contributed by atoms with Crippen molar-refractivity contribution in [2.24, 2.45) is 0 Å². The summed E-state index contributed by atoms with van der Waals surface area (Å²) in [6.45, 7) is 27.7. The van der Waals surface area contributed by atoms with Crippen molar-refractivity contribution in [1.82, 2.24) is 0 Å². The third-order valence-electron chi connectivity index (χ3n) is 21.5. The molecule has 4 heterocycles. The zero-order valence-electron chi connectivity index (χ0n) is 59.5. The minimum Gasteiger partial charge on any atom is -0.458 e. The lowest BCUT2D eigenvalue weighted by Gasteiger charge is -2.47. The SMILES string of the molecule is CC(C)(C)c1ccc(N2c3cc4c(cc3B3c5ccc(C(C)(C)C)cc5N(c5c(-c6ccccc6)cccc5-c5ccccc5)c5cc(C(C)(C)C)cc2c53)B2c3ccc(C(C)(C)C)cc3Oc3cc(-c5ccccc5)cc(c32)N4c2c(-c3ccccc3)cccc2-c2ccccc2)cc1. The fourth-order valence-electron chi connectivity index (χ4n) is 16.2. The summed E-state index contributed by atoms with van der Waals surface area (Å²) in [5.74, 6) is 1.77. The molecular weight excluding hydrogens is 1210 g/mol. The van der Waals surface area contributed by atoms with Gasteiger partial charge in [-0.25, -0.2) is 0 Å². The van der Waals surface area contributed by atoms with Gasteiger partial charge in [0, 0.05) is 62.1 Å². The predicted molar refractivity (Wildman–Crippen MR) is 428 cm³/mol. The van der Waals surface area contributed by atoms with E-state index in [4.69, 9.17) is 4.74 Å². The topological polar surface area (TPSA) is 19.0 Å². The van der Waals surface area contributed by atoms with Crippen molar-refractivity contribution in [3.8, 4) is 67.1 Å². The molecule has 13 aromatic rings. The first kappa shape index (κ1) is 62.7. The molecule has 0 atom stereocenters. The molecule has 0 fully saturated rings. The number of hydrogen-bond donors (Lipinski definition) is 0. The Balaban J connectivity index is 1.05. The van der Waals surface area contributed by atoms with Crippen LogP contribution in [0.15, 0.2) is 285 Å². The molecule has 0 radical (unpaired) electrons. The smallest absolute Gasteiger partial charge is 0.256 e. The van der Waals surface area contributed by atoms with E-state index in [9.17, 15) is 0 Å². The Morgan fingerprint density at radius 3 is 1.07 bits per heavy atom. The fourth-order valence-corrected chi connectivity index (χ4v) is 16.2. The van der Waals surface area contributed by atoms with Gasteiger partial charge in [-0.15, -0.1) is 0 Å². The third-order valence-corrected chi connectivity index (χ3v) is 21.5. The van der Waals surface area contributed by atoms with Gasteiger partial charge in [0.25, 0.3) is 13.4 Å². The molecule has 4 aliphatic heterocycles. The van der Waals surface area contributed by atoms with Crippen LogP contribution >= 0.6 is 0 Å². The van der Waals surface area contributed by atoms with E-state index in [1.54, 1.807) is 0 Å². The molecule has 0 saturated carbocycles. The molecule has 100 heavy (non-hydrogen) atoms. The Morgan fingerprint density at radius 2 is 0.610 bits per heavy atom. The molecule has 0 bridgehead atoms. The van der Waals surface area contributed by atoms with E-state index in [1.807, 2.05) is 0 Å². The highest BCUT2D eigenvalue weighted by Gasteiger charge is 2.50. The maximum atomic E-state index is 7.61. The highest BCUT2D eigenvalue weighted by atomic mass is 16.5. The lowest BCUT2D eigenvalue weighted by atomic mass is 9.30. The molecule has 6 heteroatoms. The van der Waals surface area contributed by atoms with Gasteiger partial charge in [-0.1, -0.05) is 314 Å². The van der Waals surface area contributed by atoms with Crippen molar-refractivity contribution in [2.75, 3.05) is 14.7 Å². The lowest BCUT2D eigenvalue weighted by Crippen LogP contribution is -2.64. The summed E-state index contributed by atoms with van der Waals surface area (Å²) in [6.07, 6.45) is 0. The summed E-state index contributed by atoms with van der Waals surface area (Å²) >= 11 is 0. The van der Waals surface area contributed by atoms with E-state index in [1.165, 1.54) is 83.4 Å². The monoisotopic (exact) mass is 1290 g/mol. The number of anilines is 9. The average molecular weight is 1290 g/mol. The van der Waals surface area contributed by atoms with Gasteiger partial charge in [-0.3, -0.25) is 0 Å². The van der Waals surface area contributed by atoms with Crippen molar-refractivity contribution in [3.63, 3.8) is 0 Å². The van der Waals surface area contributed by atoms with Gasteiger partial charge in [0.2, 0.25) is 0 Å². The third kappa shape index (κ3) is 10.4. The zero-order valence-corrected chi connectivity index (χ0v) is 59.5. The fraction of sp³-hybridized carbons (Fsp3) is 0.170. The number of hydrogen-bond acceptors (Lipinski definition) is 4. The minimum atomic E-state index is -0.272. The number of ether oxygens (including phenoxy) is 1. The molecule has 0 spiro atoms. The van der Waals surface area contributed by atoms with Crippen LogP contribution in [0, 0.1) is 0 Å². The Morgan fingerprint density at radius 1 is 0.240 bits per heavy atom. The summed E-state index contributed by atoms with van der Waals surface area (Å²) in [4.78, 5) is 8.02. The summed E-state index contributed by atoms with van der Waals surface area (Å²) in [5.41, 5.74) is 33.5. The van der Waals surface area contributed by atoms with Gasteiger partial charge >= 0.3 is 0 Å². The van der Waals surface area contributed by atoms with E-state index < -0.39 is 0 Å². The summed E-state index contributed by atoms with van der Waals surface area (Å²) in [7, 11) is 0. The number of para-hydroxylation sites is 2. The van der Waals surface area contributed by atoms with E-state index >= 15 is 0 Å². The van der Waals surface area contributed by atoms with Gasteiger partial charge in [0.15, 0.2) is 0 Å². The Bertz CT molecular complexity index is 5260. The van der Waals surface area contributed by atoms with Crippen LogP contribution < -0.4 is 52.2 Å². The normalized spacial score (nSPS) is 13.6. The average Bonchev–Trinajstić information content (AvgIpc) is 0.683. The van der Waals surface area contributed by atoms with Crippen molar-refractivity contribution >= 4 is 97.4 Å². The van der Waals surface area contributed by atoms with Crippen molar-refractivity contribution < 1.29 is 4.74 Å². The van der Waals surface area contributed by atoms with Crippen molar-refractivity contribution in [2.45, 2.75) is 105 Å². The molecule has 0 aromatic heterocycles. The maximum absolute atomic E-state index is 7.61.